The first kappa shape index (κ1) is 13.0. The Morgan fingerprint density at radius 3 is 2.59 bits per heavy atom. The molecule has 0 aliphatic carbocycles. The number of aryl methyl sites for hydroxylation is 1. The van der Waals surface area contributed by atoms with Crippen molar-refractivity contribution < 1.29 is 19.1 Å². The van der Waals surface area contributed by atoms with Crippen LogP contribution < -0.4 is 10.6 Å². The number of carbonyl (C=O) groups is 2. The van der Waals surface area contributed by atoms with Crippen molar-refractivity contribution in [3.05, 3.63) is 29.6 Å². The molecule has 0 saturated heterocycles. The average molecular weight is 240 g/mol. The molecule has 1 aromatic rings. The Morgan fingerprint density at radius 2 is 2.06 bits per heavy atom. The standard InChI is InChI=1S/C11H13FN2O3/c1-6-5-8(12)3-4-9(6)14-11(17)13-7(2)10(15)16/h3-5,7H,1-2H3,(H,15,16)(H2,13,14,17)/t7-/m0/s1. The van der Waals surface area contributed by atoms with Crippen molar-refractivity contribution in [2.75, 3.05) is 5.32 Å². The molecule has 1 atom stereocenters. The summed E-state index contributed by atoms with van der Waals surface area (Å²) in [6, 6.07) is 2.26. The van der Waals surface area contributed by atoms with Crippen LogP contribution in [0.15, 0.2) is 18.2 Å². The molecule has 2 amide bonds. The highest BCUT2D eigenvalue weighted by molar-refractivity contribution is 5.92. The zero-order chi connectivity index (χ0) is 13.0. The van der Waals surface area contributed by atoms with Gasteiger partial charge in [-0.2, -0.15) is 0 Å². The third-order valence-electron chi connectivity index (χ3n) is 2.15. The molecule has 1 aromatic carbocycles. The van der Waals surface area contributed by atoms with Gasteiger partial charge in [-0.3, -0.25) is 4.79 Å². The maximum atomic E-state index is 12.8. The van der Waals surface area contributed by atoms with Crippen LogP contribution in [0.2, 0.25) is 0 Å². The van der Waals surface area contributed by atoms with Crippen LogP contribution in [0.3, 0.4) is 0 Å². The molecule has 0 aromatic heterocycles. The van der Waals surface area contributed by atoms with Gasteiger partial charge in [0.25, 0.3) is 0 Å². The lowest BCUT2D eigenvalue weighted by Gasteiger charge is -2.12. The van der Waals surface area contributed by atoms with E-state index in [0.717, 1.165) is 0 Å². The second-order valence-electron chi connectivity index (χ2n) is 3.62. The fourth-order valence-corrected chi connectivity index (χ4v) is 1.18. The van der Waals surface area contributed by atoms with Crippen molar-refractivity contribution in [1.82, 2.24) is 5.32 Å². The van der Waals surface area contributed by atoms with Crippen molar-refractivity contribution in [3.8, 4) is 0 Å². The van der Waals surface area contributed by atoms with Crippen LogP contribution in [0.5, 0.6) is 0 Å². The van der Waals surface area contributed by atoms with E-state index >= 15 is 0 Å². The minimum Gasteiger partial charge on any atom is -0.480 e. The van der Waals surface area contributed by atoms with Crippen molar-refractivity contribution in [1.29, 1.82) is 0 Å². The van der Waals surface area contributed by atoms with Gasteiger partial charge in [-0.25, -0.2) is 9.18 Å². The van der Waals surface area contributed by atoms with Crippen LogP contribution in [-0.2, 0) is 4.79 Å². The largest absolute Gasteiger partial charge is 0.480 e. The Bertz CT molecular complexity index is 448. The molecule has 1 rings (SSSR count). The molecule has 17 heavy (non-hydrogen) atoms. The molecule has 0 spiro atoms. The van der Waals surface area contributed by atoms with E-state index in [1.165, 1.54) is 25.1 Å². The van der Waals surface area contributed by atoms with Crippen molar-refractivity contribution in [2.24, 2.45) is 0 Å². The van der Waals surface area contributed by atoms with Gasteiger partial charge in [-0.1, -0.05) is 0 Å². The number of carboxylic acids is 1. The van der Waals surface area contributed by atoms with Gasteiger partial charge in [-0.15, -0.1) is 0 Å². The minimum absolute atomic E-state index is 0.396. The van der Waals surface area contributed by atoms with Crippen LogP contribution in [-0.4, -0.2) is 23.1 Å². The number of benzene rings is 1. The molecule has 0 aliphatic heterocycles. The van der Waals surface area contributed by atoms with Gasteiger partial charge in [0.1, 0.15) is 11.9 Å². The molecule has 5 nitrogen and oxygen atoms in total. The molecule has 0 radical (unpaired) electrons. The van der Waals surface area contributed by atoms with E-state index in [2.05, 4.69) is 10.6 Å². The maximum Gasteiger partial charge on any atom is 0.325 e. The van der Waals surface area contributed by atoms with E-state index in [9.17, 15) is 14.0 Å². The average Bonchev–Trinajstić information content (AvgIpc) is 2.22. The Morgan fingerprint density at radius 1 is 1.41 bits per heavy atom. The lowest BCUT2D eigenvalue weighted by Crippen LogP contribution is -2.40. The van der Waals surface area contributed by atoms with Gasteiger partial charge in [0.2, 0.25) is 0 Å². The van der Waals surface area contributed by atoms with Crippen molar-refractivity contribution in [3.63, 3.8) is 0 Å². The summed E-state index contributed by atoms with van der Waals surface area (Å²) in [4.78, 5) is 21.9. The maximum absolute atomic E-state index is 12.8. The van der Waals surface area contributed by atoms with E-state index in [1.807, 2.05) is 0 Å². The predicted molar refractivity (Wildman–Crippen MR) is 60.4 cm³/mol. The van der Waals surface area contributed by atoms with Crippen LogP contribution in [0.4, 0.5) is 14.9 Å². The summed E-state index contributed by atoms with van der Waals surface area (Å²) in [5.41, 5.74) is 0.990. The molecule has 0 aliphatic rings. The lowest BCUT2D eigenvalue weighted by molar-refractivity contribution is -0.138. The number of hydrogen-bond acceptors (Lipinski definition) is 2. The van der Waals surface area contributed by atoms with E-state index < -0.39 is 23.9 Å². The first-order chi connectivity index (χ1) is 7.90. The topological polar surface area (TPSA) is 78.4 Å². The minimum atomic E-state index is -1.13. The summed E-state index contributed by atoms with van der Waals surface area (Å²) in [5.74, 6) is -1.52. The van der Waals surface area contributed by atoms with Crippen molar-refractivity contribution >= 4 is 17.7 Å². The molecule has 0 saturated carbocycles. The number of carbonyl (C=O) groups excluding carboxylic acids is 1. The lowest BCUT2D eigenvalue weighted by atomic mass is 10.2. The summed E-state index contributed by atoms with van der Waals surface area (Å²) in [6.45, 7) is 2.98. The van der Waals surface area contributed by atoms with Crippen LogP contribution in [0, 0.1) is 12.7 Å². The van der Waals surface area contributed by atoms with E-state index in [-0.39, 0.29) is 0 Å². The number of halogens is 1. The number of nitrogens with one attached hydrogen (secondary N) is 2. The predicted octanol–water partition coefficient (Wildman–Crippen LogP) is 1.73. The van der Waals surface area contributed by atoms with Gasteiger partial charge in [-0.05, 0) is 37.6 Å². The summed E-state index contributed by atoms with van der Waals surface area (Å²) in [5, 5.41) is 13.3. The Hall–Kier alpha value is -2.11. The smallest absolute Gasteiger partial charge is 0.325 e. The zero-order valence-corrected chi connectivity index (χ0v) is 9.45. The van der Waals surface area contributed by atoms with Crippen LogP contribution >= 0.6 is 0 Å². The van der Waals surface area contributed by atoms with Gasteiger partial charge in [0.15, 0.2) is 0 Å². The molecule has 0 heterocycles. The second kappa shape index (κ2) is 5.29. The number of anilines is 1. The van der Waals surface area contributed by atoms with E-state index in [4.69, 9.17) is 5.11 Å². The fraction of sp³-hybridized carbons (Fsp3) is 0.273. The SMILES string of the molecule is Cc1cc(F)ccc1NC(=O)N[C@@H](C)C(=O)O. The number of rotatable bonds is 3. The van der Waals surface area contributed by atoms with Gasteiger partial charge in [0, 0.05) is 5.69 Å². The summed E-state index contributed by atoms with van der Waals surface area (Å²) < 4.78 is 12.8. The normalized spacial score (nSPS) is 11.7. The Kier molecular flexibility index (Phi) is 4.03. The summed E-state index contributed by atoms with van der Waals surface area (Å²) >= 11 is 0. The first-order valence-electron chi connectivity index (χ1n) is 4.96. The van der Waals surface area contributed by atoms with Crippen molar-refractivity contribution in [2.45, 2.75) is 19.9 Å². The third-order valence-corrected chi connectivity index (χ3v) is 2.15. The molecule has 0 unspecified atom stereocenters. The Balaban J connectivity index is 2.65. The van der Waals surface area contributed by atoms with E-state index in [0.29, 0.717) is 11.3 Å². The molecule has 3 N–H and O–H groups in total. The molecule has 6 heteroatoms. The fourth-order valence-electron chi connectivity index (χ4n) is 1.18. The molecular weight excluding hydrogens is 227 g/mol. The molecule has 92 valence electrons. The number of aliphatic carboxylic acids is 1. The van der Waals surface area contributed by atoms with Gasteiger partial charge < -0.3 is 15.7 Å². The highest BCUT2D eigenvalue weighted by Gasteiger charge is 2.14. The number of carboxylic acid groups (broad SMARTS) is 1. The molecule has 0 fully saturated rings. The van der Waals surface area contributed by atoms with Crippen LogP contribution in [0.1, 0.15) is 12.5 Å². The first-order valence-corrected chi connectivity index (χ1v) is 4.96. The van der Waals surface area contributed by atoms with Crippen LogP contribution in [0.25, 0.3) is 0 Å². The third kappa shape index (κ3) is 3.75. The van der Waals surface area contributed by atoms with E-state index in [1.54, 1.807) is 6.92 Å². The highest BCUT2D eigenvalue weighted by Crippen LogP contribution is 2.15. The summed E-state index contributed by atoms with van der Waals surface area (Å²) in [7, 11) is 0. The van der Waals surface area contributed by atoms with Gasteiger partial charge in [0.05, 0.1) is 0 Å². The monoisotopic (exact) mass is 240 g/mol. The zero-order valence-electron chi connectivity index (χ0n) is 9.45. The summed E-state index contributed by atoms with van der Waals surface area (Å²) in [6.07, 6.45) is 0. The molecular formula is C11H13FN2O3. The second-order valence-corrected chi connectivity index (χ2v) is 3.62. The number of urea groups is 1. The molecule has 0 bridgehead atoms. The highest BCUT2D eigenvalue weighted by atomic mass is 19.1. The van der Waals surface area contributed by atoms with Gasteiger partial charge >= 0.3 is 12.0 Å². The quantitative estimate of drug-likeness (QED) is 0.752. The Labute approximate surface area is 97.6 Å². The number of amides is 2. The number of hydrogen-bond donors (Lipinski definition) is 3.